The molecular formula is C8H11. The predicted octanol–water partition coefficient (Wildman–Crippen LogP) is 2.02. The maximum absolute atomic E-state index is 3.36. The first-order valence-electron chi connectivity index (χ1n) is 3.45. The molecule has 2 bridgehead atoms. The van der Waals surface area contributed by atoms with Crippen molar-refractivity contribution in [2.45, 2.75) is 19.8 Å². The third-order valence-electron chi connectivity index (χ3n) is 2.49. The van der Waals surface area contributed by atoms with Crippen LogP contribution in [0.2, 0.25) is 0 Å². The van der Waals surface area contributed by atoms with E-state index in [1.807, 2.05) is 0 Å². The molecule has 3 atom stereocenters. The number of allylic oxidation sites excluding steroid dienone is 2. The van der Waals surface area contributed by atoms with Gasteiger partial charge in [0.1, 0.15) is 0 Å². The summed E-state index contributed by atoms with van der Waals surface area (Å²) in [6.45, 7) is 2.35. The van der Waals surface area contributed by atoms with Crippen LogP contribution in [0.4, 0.5) is 0 Å². The monoisotopic (exact) mass is 107 g/mol. The molecule has 2 aliphatic carbocycles. The van der Waals surface area contributed by atoms with E-state index in [0.717, 1.165) is 17.8 Å². The Morgan fingerprint density at radius 1 is 1.50 bits per heavy atom. The zero-order valence-corrected chi connectivity index (χ0v) is 5.22. The summed E-state index contributed by atoms with van der Waals surface area (Å²) in [7, 11) is 0. The molecule has 0 heterocycles. The summed E-state index contributed by atoms with van der Waals surface area (Å²) < 4.78 is 0. The van der Waals surface area contributed by atoms with Crippen LogP contribution in [0, 0.1) is 23.8 Å². The van der Waals surface area contributed by atoms with Gasteiger partial charge < -0.3 is 0 Å². The summed E-state index contributed by atoms with van der Waals surface area (Å²) in [5, 5.41) is 0. The van der Waals surface area contributed by atoms with Crippen molar-refractivity contribution in [3.63, 3.8) is 0 Å². The Bertz CT molecular complexity index is 124. The van der Waals surface area contributed by atoms with Crippen molar-refractivity contribution in [2.24, 2.45) is 17.8 Å². The number of rotatable bonds is 0. The number of fused-ring (bicyclic) bond motifs is 2. The molecule has 0 aromatic heterocycles. The van der Waals surface area contributed by atoms with Gasteiger partial charge in [0.2, 0.25) is 0 Å². The molecule has 0 nitrogen and oxygen atoms in total. The molecule has 0 aliphatic heterocycles. The summed E-state index contributed by atoms with van der Waals surface area (Å²) in [5.74, 6) is 2.70. The van der Waals surface area contributed by atoms with Crippen LogP contribution in [-0.4, -0.2) is 0 Å². The topological polar surface area (TPSA) is 0 Å². The lowest BCUT2D eigenvalue weighted by molar-refractivity contribution is 0.490. The van der Waals surface area contributed by atoms with Crippen molar-refractivity contribution < 1.29 is 0 Å². The van der Waals surface area contributed by atoms with E-state index in [1.165, 1.54) is 12.8 Å². The predicted molar refractivity (Wildman–Crippen MR) is 33.2 cm³/mol. The van der Waals surface area contributed by atoms with E-state index < -0.39 is 0 Å². The van der Waals surface area contributed by atoms with Gasteiger partial charge >= 0.3 is 0 Å². The lowest BCUT2D eigenvalue weighted by atomic mass is 9.96. The second-order valence-corrected chi connectivity index (χ2v) is 3.14. The molecule has 0 spiro atoms. The summed E-state index contributed by atoms with van der Waals surface area (Å²) in [6.07, 6.45) is 8.45. The first kappa shape index (κ1) is 4.60. The summed E-state index contributed by atoms with van der Waals surface area (Å²) in [4.78, 5) is 0. The van der Waals surface area contributed by atoms with Gasteiger partial charge in [-0.1, -0.05) is 13.0 Å². The molecule has 43 valence electrons. The van der Waals surface area contributed by atoms with E-state index in [0.29, 0.717) is 0 Å². The molecule has 1 radical (unpaired) electrons. The normalized spacial score (nSPS) is 50.9. The van der Waals surface area contributed by atoms with Gasteiger partial charge in [-0.15, -0.1) is 0 Å². The van der Waals surface area contributed by atoms with E-state index in [1.54, 1.807) is 0 Å². The van der Waals surface area contributed by atoms with Crippen molar-refractivity contribution >= 4 is 0 Å². The summed E-state index contributed by atoms with van der Waals surface area (Å²) >= 11 is 0. The van der Waals surface area contributed by atoms with Gasteiger partial charge in [-0.25, -0.2) is 0 Å². The fourth-order valence-electron chi connectivity index (χ4n) is 1.91. The second-order valence-electron chi connectivity index (χ2n) is 3.14. The Hall–Kier alpha value is -0.260. The summed E-state index contributed by atoms with van der Waals surface area (Å²) in [6, 6.07) is 0. The summed E-state index contributed by atoms with van der Waals surface area (Å²) in [5.41, 5.74) is 0. The van der Waals surface area contributed by atoms with Gasteiger partial charge in [0.25, 0.3) is 0 Å². The van der Waals surface area contributed by atoms with Crippen molar-refractivity contribution in [3.05, 3.63) is 12.2 Å². The Morgan fingerprint density at radius 2 is 2.38 bits per heavy atom. The quantitative estimate of drug-likeness (QED) is 0.444. The zero-order chi connectivity index (χ0) is 5.56. The Morgan fingerprint density at radius 3 is 2.62 bits per heavy atom. The van der Waals surface area contributed by atoms with E-state index in [4.69, 9.17) is 0 Å². The fraction of sp³-hybridized carbons (Fsp3) is 0.750. The van der Waals surface area contributed by atoms with Crippen LogP contribution in [0.3, 0.4) is 0 Å². The molecule has 0 aromatic carbocycles. The lowest BCUT2D eigenvalue weighted by Gasteiger charge is -2.09. The van der Waals surface area contributed by atoms with E-state index >= 15 is 0 Å². The number of hydrogen-bond donors (Lipinski definition) is 0. The van der Waals surface area contributed by atoms with Crippen LogP contribution >= 0.6 is 0 Å². The first-order chi connectivity index (χ1) is 3.86. The van der Waals surface area contributed by atoms with Crippen LogP contribution in [0.5, 0.6) is 0 Å². The molecule has 0 N–H and O–H groups in total. The van der Waals surface area contributed by atoms with Crippen LogP contribution in [-0.2, 0) is 0 Å². The molecule has 2 rings (SSSR count). The highest BCUT2D eigenvalue weighted by molar-refractivity contribution is 5.04. The van der Waals surface area contributed by atoms with Gasteiger partial charge in [0.05, 0.1) is 0 Å². The van der Waals surface area contributed by atoms with E-state index in [2.05, 4.69) is 19.1 Å². The Labute approximate surface area is 50.6 Å². The van der Waals surface area contributed by atoms with Gasteiger partial charge in [0, 0.05) is 0 Å². The molecule has 0 saturated heterocycles. The molecule has 3 unspecified atom stereocenters. The SMILES string of the molecule is CC1CC2[C]=CC1C2. The van der Waals surface area contributed by atoms with Crippen molar-refractivity contribution in [1.82, 2.24) is 0 Å². The smallest absolute Gasteiger partial charge is 0.0154 e. The van der Waals surface area contributed by atoms with Crippen LogP contribution < -0.4 is 0 Å². The Balaban J connectivity index is 2.23. The van der Waals surface area contributed by atoms with Crippen LogP contribution in [0.1, 0.15) is 19.8 Å². The molecule has 8 heavy (non-hydrogen) atoms. The number of hydrogen-bond acceptors (Lipinski definition) is 0. The maximum Gasteiger partial charge on any atom is -0.0154 e. The van der Waals surface area contributed by atoms with Gasteiger partial charge in [-0.2, -0.15) is 0 Å². The minimum Gasteiger partial charge on any atom is -0.0774 e. The molecule has 0 heteroatoms. The highest BCUT2D eigenvalue weighted by Gasteiger charge is 2.32. The lowest BCUT2D eigenvalue weighted by Crippen LogP contribution is -2.00. The molecule has 1 saturated carbocycles. The highest BCUT2D eigenvalue weighted by atomic mass is 14.4. The third kappa shape index (κ3) is 0.460. The zero-order valence-electron chi connectivity index (χ0n) is 5.22. The average Bonchev–Trinajstić information content (AvgIpc) is 2.23. The molecule has 1 fully saturated rings. The van der Waals surface area contributed by atoms with E-state index in [-0.39, 0.29) is 0 Å². The van der Waals surface area contributed by atoms with E-state index in [9.17, 15) is 0 Å². The molecular weight excluding hydrogens is 96.1 g/mol. The highest BCUT2D eigenvalue weighted by Crippen LogP contribution is 2.42. The maximum atomic E-state index is 3.36. The first-order valence-corrected chi connectivity index (χ1v) is 3.45. The second kappa shape index (κ2) is 1.37. The minimum absolute atomic E-state index is 0.843. The van der Waals surface area contributed by atoms with Gasteiger partial charge in [-0.3, -0.25) is 0 Å². The minimum atomic E-state index is 0.843. The molecule has 2 aliphatic rings. The van der Waals surface area contributed by atoms with Crippen LogP contribution in [0.25, 0.3) is 0 Å². The standard InChI is InChI=1S/C8H11/c1-6-4-7-2-3-8(6)5-7/h3,6-8H,4-5H2,1H3. The third-order valence-corrected chi connectivity index (χ3v) is 2.49. The van der Waals surface area contributed by atoms with Crippen molar-refractivity contribution in [3.8, 4) is 0 Å². The van der Waals surface area contributed by atoms with Gasteiger partial charge in [0.15, 0.2) is 0 Å². The van der Waals surface area contributed by atoms with Crippen molar-refractivity contribution in [2.75, 3.05) is 0 Å². The van der Waals surface area contributed by atoms with Crippen molar-refractivity contribution in [1.29, 1.82) is 0 Å². The molecule has 0 aromatic rings. The van der Waals surface area contributed by atoms with Crippen LogP contribution in [0.15, 0.2) is 6.08 Å². The molecule has 0 amide bonds. The largest absolute Gasteiger partial charge is 0.0774 e. The Kier molecular flexibility index (Phi) is 0.787. The average molecular weight is 107 g/mol. The fourth-order valence-corrected chi connectivity index (χ4v) is 1.91. The van der Waals surface area contributed by atoms with Gasteiger partial charge in [-0.05, 0) is 36.7 Å².